The first-order valence-electron chi connectivity index (χ1n) is 2.27. The summed E-state index contributed by atoms with van der Waals surface area (Å²) in [5.41, 5.74) is -5.77. The SMILES string of the molecule is N#CS(=O)(=O)NS(=O)(=O)C(F)(F)F. The number of nitriles is 1. The summed E-state index contributed by atoms with van der Waals surface area (Å²) in [7, 11) is -11.1. The van der Waals surface area contributed by atoms with Crippen molar-refractivity contribution in [2.75, 3.05) is 0 Å². The predicted octanol–water partition coefficient (Wildman–Crippen LogP) is -0.764. The topological polar surface area (TPSA) is 104 Å². The zero-order chi connectivity index (χ0) is 10.9. The van der Waals surface area contributed by atoms with E-state index in [1.165, 1.54) is 0 Å². The molecule has 0 heterocycles. The zero-order valence-electron chi connectivity index (χ0n) is 5.53. The van der Waals surface area contributed by atoms with Crippen LogP contribution in [-0.2, 0) is 20.0 Å². The molecule has 0 atom stereocenters. The largest absolute Gasteiger partial charge is 0.512 e. The molecule has 0 aromatic carbocycles. The maximum Gasteiger partial charge on any atom is 0.512 e. The quantitative estimate of drug-likeness (QED) is 0.502. The lowest BCUT2D eigenvalue weighted by molar-refractivity contribution is -0.0441. The lowest BCUT2D eigenvalue weighted by atomic mass is 11.6. The molecule has 6 nitrogen and oxygen atoms in total. The fourth-order valence-corrected chi connectivity index (χ4v) is 1.89. The van der Waals surface area contributed by atoms with E-state index in [1.54, 1.807) is 0 Å². The molecule has 0 saturated heterocycles. The first-order chi connectivity index (χ1) is 5.52. The summed E-state index contributed by atoms with van der Waals surface area (Å²) in [6.45, 7) is 0. The van der Waals surface area contributed by atoms with E-state index in [9.17, 15) is 30.0 Å². The van der Waals surface area contributed by atoms with Gasteiger partial charge in [0, 0.05) is 0 Å². The minimum Gasteiger partial charge on any atom is -0.202 e. The van der Waals surface area contributed by atoms with Crippen LogP contribution in [0.15, 0.2) is 0 Å². The maximum absolute atomic E-state index is 11.5. The van der Waals surface area contributed by atoms with E-state index in [0.717, 1.165) is 0 Å². The molecule has 0 aromatic rings. The molecule has 0 rings (SSSR count). The molecule has 0 aliphatic heterocycles. The van der Waals surface area contributed by atoms with Crippen molar-refractivity contribution in [1.82, 2.24) is 4.13 Å². The highest BCUT2D eigenvalue weighted by Gasteiger charge is 2.48. The molecule has 0 unspecified atom stereocenters. The number of rotatable bonds is 2. The summed E-state index contributed by atoms with van der Waals surface area (Å²) < 4.78 is 74.9. The van der Waals surface area contributed by atoms with Gasteiger partial charge in [0.25, 0.3) is 0 Å². The van der Waals surface area contributed by atoms with E-state index < -0.39 is 25.6 Å². The van der Waals surface area contributed by atoms with Gasteiger partial charge in [-0.15, -0.1) is 0 Å². The van der Waals surface area contributed by atoms with Gasteiger partial charge in [0.05, 0.1) is 0 Å². The van der Waals surface area contributed by atoms with Gasteiger partial charge in [0.15, 0.2) is 0 Å². The van der Waals surface area contributed by atoms with E-state index in [0.29, 0.717) is 5.40 Å². The highest BCUT2D eigenvalue weighted by molar-refractivity contribution is 8.07. The van der Waals surface area contributed by atoms with Gasteiger partial charge in [-0.2, -0.15) is 26.9 Å². The first-order valence-corrected chi connectivity index (χ1v) is 5.24. The van der Waals surface area contributed by atoms with Crippen molar-refractivity contribution in [3.63, 3.8) is 0 Å². The van der Waals surface area contributed by atoms with Crippen molar-refractivity contribution in [3.8, 4) is 5.40 Å². The van der Waals surface area contributed by atoms with Crippen LogP contribution in [0.2, 0.25) is 0 Å². The lowest BCUT2D eigenvalue weighted by Crippen LogP contribution is -2.39. The van der Waals surface area contributed by atoms with Crippen LogP contribution in [0.3, 0.4) is 0 Å². The summed E-state index contributed by atoms with van der Waals surface area (Å²) in [5.74, 6) is 0. The highest BCUT2D eigenvalue weighted by atomic mass is 32.3. The number of hydrogen-bond donors (Lipinski definition) is 1. The van der Waals surface area contributed by atoms with E-state index in [2.05, 4.69) is 0 Å². The average molecular weight is 238 g/mol. The second-order valence-electron chi connectivity index (χ2n) is 1.63. The Labute approximate surface area is 71.1 Å². The van der Waals surface area contributed by atoms with Gasteiger partial charge in [-0.1, -0.05) is 4.13 Å². The Bertz CT molecular complexity index is 425. The molecule has 1 N–H and O–H groups in total. The molecule has 0 aliphatic carbocycles. The van der Waals surface area contributed by atoms with Crippen molar-refractivity contribution in [3.05, 3.63) is 0 Å². The zero-order valence-corrected chi connectivity index (χ0v) is 7.16. The number of nitrogens with zero attached hydrogens (tertiary/aromatic N) is 1. The van der Waals surface area contributed by atoms with Crippen LogP contribution in [0.4, 0.5) is 13.2 Å². The molecule has 0 aliphatic rings. The second kappa shape index (κ2) is 3.13. The third-order valence-corrected chi connectivity index (χ3v) is 3.25. The van der Waals surface area contributed by atoms with Gasteiger partial charge in [-0.05, 0) is 0 Å². The molecule has 0 aromatic heterocycles. The number of halogens is 3. The van der Waals surface area contributed by atoms with Crippen molar-refractivity contribution in [2.24, 2.45) is 0 Å². The Kier molecular flexibility index (Phi) is 2.92. The fourth-order valence-electron chi connectivity index (χ4n) is 0.210. The monoisotopic (exact) mass is 238 g/mol. The number of alkyl halides is 3. The lowest BCUT2D eigenvalue weighted by Gasteiger charge is -2.05. The Morgan fingerprint density at radius 3 is 1.77 bits per heavy atom. The number of nitrogens with one attached hydrogen (secondary N) is 1. The normalized spacial score (nSPS) is 13.7. The molecule has 11 heteroatoms. The van der Waals surface area contributed by atoms with Crippen LogP contribution < -0.4 is 4.13 Å². The predicted molar refractivity (Wildman–Crippen MR) is 32.6 cm³/mol. The Morgan fingerprint density at radius 1 is 1.15 bits per heavy atom. The second-order valence-corrected chi connectivity index (χ2v) is 4.95. The molecular weight excluding hydrogens is 237 g/mol. The third-order valence-electron chi connectivity index (χ3n) is 0.644. The van der Waals surface area contributed by atoms with E-state index in [4.69, 9.17) is 5.26 Å². The molecule has 0 bridgehead atoms. The van der Waals surface area contributed by atoms with E-state index >= 15 is 0 Å². The van der Waals surface area contributed by atoms with Crippen molar-refractivity contribution >= 4 is 20.0 Å². The number of sulfonamides is 2. The van der Waals surface area contributed by atoms with Crippen LogP contribution in [0.25, 0.3) is 0 Å². The van der Waals surface area contributed by atoms with Crippen molar-refractivity contribution in [2.45, 2.75) is 5.51 Å². The van der Waals surface area contributed by atoms with E-state index in [-0.39, 0.29) is 4.13 Å². The van der Waals surface area contributed by atoms with Crippen LogP contribution in [0.5, 0.6) is 0 Å². The summed E-state index contributed by atoms with van der Waals surface area (Å²) in [5, 5.41) is 8.04. The summed E-state index contributed by atoms with van der Waals surface area (Å²) >= 11 is 0. The van der Waals surface area contributed by atoms with Crippen molar-refractivity contribution < 1.29 is 30.0 Å². The Hall–Kier alpha value is -0.860. The molecule has 0 saturated carbocycles. The van der Waals surface area contributed by atoms with Crippen LogP contribution in [-0.4, -0.2) is 22.3 Å². The molecular formula is C2HF3N2O4S2. The average Bonchev–Trinajstić information content (AvgIpc) is 1.83. The molecule has 0 amide bonds. The minimum atomic E-state index is -6.03. The van der Waals surface area contributed by atoms with Gasteiger partial charge >= 0.3 is 25.6 Å². The van der Waals surface area contributed by atoms with Crippen LogP contribution >= 0.6 is 0 Å². The van der Waals surface area contributed by atoms with Gasteiger partial charge in [-0.3, -0.25) is 0 Å². The van der Waals surface area contributed by atoms with Gasteiger partial charge in [0.1, 0.15) is 0 Å². The fraction of sp³-hybridized carbons (Fsp3) is 0.500. The van der Waals surface area contributed by atoms with Gasteiger partial charge in [-0.25, -0.2) is 8.42 Å². The Morgan fingerprint density at radius 2 is 1.54 bits per heavy atom. The molecule has 0 spiro atoms. The standard InChI is InChI=1S/C2HF3N2O4S2/c3-2(4,5)13(10,11)7-12(8,9)1-6/h7H. The van der Waals surface area contributed by atoms with Crippen LogP contribution in [0, 0.1) is 10.7 Å². The smallest absolute Gasteiger partial charge is 0.202 e. The molecule has 76 valence electrons. The first kappa shape index (κ1) is 12.1. The minimum absolute atomic E-state index is 0.181. The van der Waals surface area contributed by atoms with Crippen LogP contribution in [0.1, 0.15) is 0 Å². The maximum atomic E-state index is 11.5. The van der Waals surface area contributed by atoms with Gasteiger partial charge in [0.2, 0.25) is 5.40 Å². The van der Waals surface area contributed by atoms with Gasteiger partial charge < -0.3 is 0 Å². The highest BCUT2D eigenvalue weighted by Crippen LogP contribution is 2.21. The summed E-state index contributed by atoms with van der Waals surface area (Å²) in [6, 6.07) is 0. The summed E-state index contributed by atoms with van der Waals surface area (Å²) in [4.78, 5) is 0. The summed E-state index contributed by atoms with van der Waals surface area (Å²) in [6.07, 6.45) is 0. The third kappa shape index (κ3) is 3.17. The number of thiocyanates is 1. The van der Waals surface area contributed by atoms with Crippen molar-refractivity contribution in [1.29, 1.82) is 5.26 Å². The molecule has 0 fully saturated rings. The Balaban J connectivity index is 5.12. The van der Waals surface area contributed by atoms with E-state index in [1.807, 2.05) is 0 Å². The molecule has 0 radical (unpaired) electrons. The number of hydrogen-bond acceptors (Lipinski definition) is 5. The molecule has 13 heavy (non-hydrogen) atoms.